The molecule has 21 heavy (non-hydrogen) atoms. The van der Waals surface area contributed by atoms with Crippen LogP contribution in [-0.2, 0) is 4.74 Å². The number of nitro groups is 1. The molecule has 2 unspecified atom stereocenters. The number of hydrogen-bond donors (Lipinski definition) is 2. The molecule has 0 saturated carbocycles. The Morgan fingerprint density at radius 3 is 3.05 bits per heavy atom. The summed E-state index contributed by atoms with van der Waals surface area (Å²) in [4.78, 5) is 25.8. The number of carbonyl (C=O) groups excluding carboxylic acids is 1. The third-order valence-corrected chi connectivity index (χ3v) is 3.80. The van der Waals surface area contributed by atoms with Crippen molar-refractivity contribution < 1.29 is 19.6 Å². The summed E-state index contributed by atoms with van der Waals surface area (Å²) in [7, 11) is 0. The van der Waals surface area contributed by atoms with Crippen LogP contribution in [0.3, 0.4) is 0 Å². The van der Waals surface area contributed by atoms with E-state index in [1.54, 1.807) is 6.92 Å². The van der Waals surface area contributed by atoms with Crippen LogP contribution in [0.4, 0.5) is 5.69 Å². The SMILES string of the molecule is CC1OCCC1(O)CNC(=O)c1ccnc(Cl)c1[N+](=O)[O-]. The van der Waals surface area contributed by atoms with E-state index in [4.69, 9.17) is 16.3 Å². The van der Waals surface area contributed by atoms with Crippen LogP contribution in [0.2, 0.25) is 5.15 Å². The number of rotatable bonds is 4. The third kappa shape index (κ3) is 3.12. The van der Waals surface area contributed by atoms with Crippen molar-refractivity contribution in [1.82, 2.24) is 10.3 Å². The van der Waals surface area contributed by atoms with Crippen molar-refractivity contribution in [2.24, 2.45) is 0 Å². The van der Waals surface area contributed by atoms with Gasteiger partial charge in [0.15, 0.2) is 0 Å². The van der Waals surface area contributed by atoms with Crippen molar-refractivity contribution in [2.45, 2.75) is 25.0 Å². The molecule has 2 atom stereocenters. The molecule has 1 amide bonds. The Labute approximate surface area is 125 Å². The van der Waals surface area contributed by atoms with Gasteiger partial charge in [-0.1, -0.05) is 11.6 Å². The Bertz CT molecular complexity index is 582. The van der Waals surface area contributed by atoms with Crippen molar-refractivity contribution in [3.8, 4) is 0 Å². The number of nitrogens with zero attached hydrogens (tertiary/aromatic N) is 2. The van der Waals surface area contributed by atoms with Crippen molar-refractivity contribution in [2.75, 3.05) is 13.2 Å². The molecule has 0 spiro atoms. The van der Waals surface area contributed by atoms with Crippen LogP contribution in [0.25, 0.3) is 0 Å². The molecule has 1 fully saturated rings. The molecule has 2 heterocycles. The number of ether oxygens (including phenoxy) is 1. The zero-order chi connectivity index (χ0) is 15.6. The van der Waals surface area contributed by atoms with Crippen LogP contribution in [0.5, 0.6) is 0 Å². The fraction of sp³-hybridized carbons (Fsp3) is 0.500. The summed E-state index contributed by atoms with van der Waals surface area (Å²) in [6, 6.07) is 1.21. The highest BCUT2D eigenvalue weighted by Gasteiger charge is 2.40. The first-order valence-corrected chi connectivity index (χ1v) is 6.64. The van der Waals surface area contributed by atoms with E-state index >= 15 is 0 Å². The molecule has 0 aromatic carbocycles. The first-order chi connectivity index (χ1) is 9.85. The standard InChI is InChI=1S/C12H14ClN3O5/c1-7-12(18,3-5-21-7)6-15-11(17)8-2-4-14-10(13)9(8)16(19)20/h2,4,7,18H,3,5-6H2,1H3,(H,15,17). The Morgan fingerprint density at radius 1 is 1.76 bits per heavy atom. The second-order valence-electron chi connectivity index (χ2n) is 4.80. The molecule has 1 aliphatic heterocycles. The van der Waals surface area contributed by atoms with Gasteiger partial charge in [-0.25, -0.2) is 4.98 Å². The molecule has 2 N–H and O–H groups in total. The van der Waals surface area contributed by atoms with E-state index in [-0.39, 0.29) is 17.3 Å². The van der Waals surface area contributed by atoms with E-state index in [2.05, 4.69) is 10.3 Å². The number of aromatic nitrogens is 1. The van der Waals surface area contributed by atoms with Gasteiger partial charge in [-0.3, -0.25) is 14.9 Å². The zero-order valence-corrected chi connectivity index (χ0v) is 12.0. The molecule has 114 valence electrons. The van der Waals surface area contributed by atoms with Gasteiger partial charge in [0.05, 0.1) is 11.0 Å². The minimum Gasteiger partial charge on any atom is -0.385 e. The predicted molar refractivity (Wildman–Crippen MR) is 73.2 cm³/mol. The lowest BCUT2D eigenvalue weighted by molar-refractivity contribution is -0.385. The Balaban J connectivity index is 2.15. The highest BCUT2D eigenvalue weighted by Crippen LogP contribution is 2.27. The molecule has 0 radical (unpaired) electrons. The van der Waals surface area contributed by atoms with Crippen molar-refractivity contribution in [3.63, 3.8) is 0 Å². The summed E-state index contributed by atoms with van der Waals surface area (Å²) in [5.74, 6) is -0.696. The molecular weight excluding hydrogens is 302 g/mol. The van der Waals surface area contributed by atoms with E-state index < -0.39 is 28.2 Å². The number of hydrogen-bond acceptors (Lipinski definition) is 6. The second-order valence-corrected chi connectivity index (χ2v) is 5.16. The number of nitrogens with one attached hydrogen (secondary N) is 1. The quantitative estimate of drug-likeness (QED) is 0.485. The summed E-state index contributed by atoms with van der Waals surface area (Å²) in [5.41, 5.74) is -1.93. The summed E-state index contributed by atoms with van der Waals surface area (Å²) in [6.07, 6.45) is 1.17. The monoisotopic (exact) mass is 315 g/mol. The normalized spacial score (nSPS) is 24.8. The second kappa shape index (κ2) is 5.92. The van der Waals surface area contributed by atoms with Gasteiger partial charge < -0.3 is 15.2 Å². The maximum Gasteiger partial charge on any atom is 0.319 e. The minimum absolute atomic E-state index is 0.0654. The lowest BCUT2D eigenvalue weighted by Crippen LogP contribution is -2.47. The average Bonchev–Trinajstić information content (AvgIpc) is 2.76. The van der Waals surface area contributed by atoms with Crippen molar-refractivity contribution in [3.05, 3.63) is 33.1 Å². The molecule has 1 aromatic rings. The van der Waals surface area contributed by atoms with E-state index in [9.17, 15) is 20.0 Å². The molecule has 0 bridgehead atoms. The number of amides is 1. The molecule has 1 aromatic heterocycles. The fourth-order valence-corrected chi connectivity index (χ4v) is 2.34. The summed E-state index contributed by atoms with van der Waals surface area (Å²) in [6.45, 7) is 2.03. The minimum atomic E-state index is -1.18. The number of carbonyl (C=O) groups is 1. The van der Waals surface area contributed by atoms with Crippen molar-refractivity contribution in [1.29, 1.82) is 0 Å². The largest absolute Gasteiger partial charge is 0.385 e. The van der Waals surface area contributed by atoms with Gasteiger partial charge in [0.25, 0.3) is 5.91 Å². The molecule has 0 aliphatic carbocycles. The van der Waals surface area contributed by atoms with E-state index in [1.165, 1.54) is 12.3 Å². The first kappa shape index (κ1) is 15.6. The maximum atomic E-state index is 12.1. The van der Waals surface area contributed by atoms with E-state index in [1.807, 2.05) is 0 Å². The van der Waals surface area contributed by atoms with Gasteiger partial charge in [-0.2, -0.15) is 0 Å². The van der Waals surface area contributed by atoms with Crippen LogP contribution >= 0.6 is 11.6 Å². The molecule has 2 rings (SSSR count). The number of aliphatic hydroxyl groups is 1. The first-order valence-electron chi connectivity index (χ1n) is 6.26. The van der Waals surface area contributed by atoms with Gasteiger partial charge in [0, 0.05) is 25.8 Å². The molecule has 9 heteroatoms. The van der Waals surface area contributed by atoms with Gasteiger partial charge in [0.2, 0.25) is 5.15 Å². The lowest BCUT2D eigenvalue weighted by atomic mass is 9.96. The molecular formula is C12H14ClN3O5. The van der Waals surface area contributed by atoms with Gasteiger partial charge in [-0.15, -0.1) is 0 Å². The highest BCUT2D eigenvalue weighted by atomic mass is 35.5. The molecule has 1 saturated heterocycles. The van der Waals surface area contributed by atoms with Crippen LogP contribution in [0, 0.1) is 10.1 Å². The highest BCUT2D eigenvalue weighted by molar-refractivity contribution is 6.32. The van der Waals surface area contributed by atoms with Crippen LogP contribution in [0.15, 0.2) is 12.3 Å². The topological polar surface area (TPSA) is 115 Å². The summed E-state index contributed by atoms with van der Waals surface area (Å²) in [5, 5.41) is 23.3. The van der Waals surface area contributed by atoms with Gasteiger partial charge >= 0.3 is 5.69 Å². The predicted octanol–water partition coefficient (Wildman–Crippen LogP) is 0.913. The zero-order valence-electron chi connectivity index (χ0n) is 11.2. The number of halogens is 1. The maximum absolute atomic E-state index is 12.1. The molecule has 1 aliphatic rings. The van der Waals surface area contributed by atoms with Crippen molar-refractivity contribution >= 4 is 23.2 Å². The van der Waals surface area contributed by atoms with Gasteiger partial charge in [0.1, 0.15) is 11.2 Å². The Hall–Kier alpha value is -1.77. The summed E-state index contributed by atoms with van der Waals surface area (Å²) < 4.78 is 5.25. The number of pyridine rings is 1. The lowest BCUT2D eigenvalue weighted by Gasteiger charge is -2.26. The van der Waals surface area contributed by atoms with E-state index in [0.29, 0.717) is 13.0 Å². The van der Waals surface area contributed by atoms with Crippen LogP contribution in [0.1, 0.15) is 23.7 Å². The van der Waals surface area contributed by atoms with Crippen LogP contribution < -0.4 is 5.32 Å². The Kier molecular flexibility index (Phi) is 4.40. The summed E-state index contributed by atoms with van der Waals surface area (Å²) >= 11 is 5.64. The average molecular weight is 316 g/mol. The van der Waals surface area contributed by atoms with Crippen LogP contribution in [-0.4, -0.2) is 45.8 Å². The Morgan fingerprint density at radius 2 is 2.48 bits per heavy atom. The third-order valence-electron chi connectivity index (χ3n) is 3.52. The fourth-order valence-electron chi connectivity index (χ4n) is 2.12. The van der Waals surface area contributed by atoms with E-state index in [0.717, 1.165) is 0 Å². The molecule has 8 nitrogen and oxygen atoms in total. The van der Waals surface area contributed by atoms with Gasteiger partial charge in [-0.05, 0) is 13.0 Å². The smallest absolute Gasteiger partial charge is 0.319 e.